The van der Waals surface area contributed by atoms with Crippen LogP contribution in [0.3, 0.4) is 0 Å². The lowest BCUT2D eigenvalue weighted by molar-refractivity contribution is -0.167. The van der Waals surface area contributed by atoms with Crippen molar-refractivity contribution in [3.63, 3.8) is 0 Å². The van der Waals surface area contributed by atoms with E-state index < -0.39 is 0 Å². The molecule has 5 nitrogen and oxygen atoms in total. The summed E-state index contributed by atoms with van der Waals surface area (Å²) in [6, 6.07) is 0. The third-order valence-corrected chi connectivity index (χ3v) is 3.91. The van der Waals surface area contributed by atoms with Crippen molar-refractivity contribution in [1.82, 2.24) is 9.80 Å². The lowest BCUT2D eigenvalue weighted by Crippen LogP contribution is -2.53. The van der Waals surface area contributed by atoms with Gasteiger partial charge in [0.2, 0.25) is 11.8 Å². The van der Waals surface area contributed by atoms with E-state index in [0.29, 0.717) is 26.2 Å². The van der Waals surface area contributed by atoms with E-state index in [1.54, 1.807) is 4.90 Å². The Hall–Kier alpha value is -1.10. The molecule has 102 valence electrons. The average molecular weight is 254 g/mol. The van der Waals surface area contributed by atoms with Gasteiger partial charge in [0.1, 0.15) is 0 Å². The third-order valence-electron chi connectivity index (χ3n) is 3.91. The van der Waals surface area contributed by atoms with Crippen LogP contribution in [0.25, 0.3) is 0 Å². The normalized spacial score (nSPS) is 26.1. The highest BCUT2D eigenvalue weighted by atomic mass is 16.5. The summed E-state index contributed by atoms with van der Waals surface area (Å²) >= 11 is 0. The molecular weight excluding hydrogens is 232 g/mol. The number of rotatable bonds is 4. The lowest BCUT2D eigenvalue weighted by atomic mass is 9.87. The Bertz CT molecular complexity index is 352. The Kier molecular flexibility index (Phi) is 3.61. The smallest absolute Gasteiger partial charge is 0.232 e. The Morgan fingerprint density at radius 3 is 2.67 bits per heavy atom. The van der Waals surface area contributed by atoms with Crippen LogP contribution in [0.1, 0.15) is 20.3 Å². The number of hydrogen-bond donors (Lipinski definition) is 0. The van der Waals surface area contributed by atoms with Gasteiger partial charge in [-0.05, 0) is 13.8 Å². The Morgan fingerprint density at radius 1 is 1.56 bits per heavy atom. The zero-order valence-electron chi connectivity index (χ0n) is 11.4. The van der Waals surface area contributed by atoms with Gasteiger partial charge in [-0.2, -0.15) is 0 Å². The number of likely N-dealkylation sites (tertiary alicyclic amines) is 1. The van der Waals surface area contributed by atoms with Gasteiger partial charge in [-0.3, -0.25) is 9.59 Å². The molecule has 2 amide bonds. The molecule has 0 radical (unpaired) electrons. The van der Waals surface area contributed by atoms with Crippen LogP contribution in [0.5, 0.6) is 0 Å². The Morgan fingerprint density at radius 2 is 2.22 bits per heavy atom. The van der Waals surface area contributed by atoms with E-state index in [9.17, 15) is 9.59 Å². The van der Waals surface area contributed by atoms with Gasteiger partial charge in [0.05, 0.1) is 18.6 Å². The van der Waals surface area contributed by atoms with E-state index in [0.717, 1.165) is 13.1 Å². The topological polar surface area (TPSA) is 49.9 Å². The van der Waals surface area contributed by atoms with Crippen LogP contribution in [-0.4, -0.2) is 61.5 Å². The van der Waals surface area contributed by atoms with Gasteiger partial charge in [0.25, 0.3) is 0 Å². The highest BCUT2D eigenvalue weighted by Gasteiger charge is 2.43. The molecular formula is C13H22N2O3. The number of amides is 2. The maximum atomic E-state index is 12.2. The average Bonchev–Trinajstić information content (AvgIpc) is 2.65. The molecule has 2 aliphatic heterocycles. The van der Waals surface area contributed by atoms with Crippen molar-refractivity contribution in [3.05, 3.63) is 0 Å². The van der Waals surface area contributed by atoms with Gasteiger partial charge in [-0.25, -0.2) is 0 Å². The summed E-state index contributed by atoms with van der Waals surface area (Å²) in [7, 11) is 1.82. The first-order valence-corrected chi connectivity index (χ1v) is 6.57. The highest BCUT2D eigenvalue weighted by Crippen LogP contribution is 2.29. The summed E-state index contributed by atoms with van der Waals surface area (Å²) in [6.45, 7) is 7.16. The SMILES string of the molecule is CCN1C[C@H](CN(C)C(=O)C2(C)COC2)CC1=O. The second kappa shape index (κ2) is 4.88. The third kappa shape index (κ3) is 2.36. The lowest BCUT2D eigenvalue weighted by Gasteiger charge is -2.39. The van der Waals surface area contributed by atoms with E-state index in [1.165, 1.54) is 0 Å². The number of hydrogen-bond acceptors (Lipinski definition) is 3. The number of carbonyl (C=O) groups excluding carboxylic acids is 2. The molecule has 0 N–H and O–H groups in total. The molecule has 5 heteroatoms. The van der Waals surface area contributed by atoms with Gasteiger partial charge >= 0.3 is 0 Å². The fraction of sp³-hybridized carbons (Fsp3) is 0.846. The van der Waals surface area contributed by atoms with Gasteiger partial charge in [-0.1, -0.05) is 0 Å². The van der Waals surface area contributed by atoms with E-state index in [-0.39, 0.29) is 23.1 Å². The summed E-state index contributed by atoms with van der Waals surface area (Å²) in [5.41, 5.74) is -0.345. The van der Waals surface area contributed by atoms with Crippen LogP contribution in [0, 0.1) is 11.3 Å². The molecule has 0 bridgehead atoms. The van der Waals surface area contributed by atoms with Gasteiger partial charge in [-0.15, -0.1) is 0 Å². The predicted molar refractivity (Wildman–Crippen MR) is 66.9 cm³/mol. The zero-order chi connectivity index (χ0) is 13.3. The second-order valence-electron chi connectivity index (χ2n) is 5.74. The van der Waals surface area contributed by atoms with Crippen LogP contribution < -0.4 is 0 Å². The molecule has 2 saturated heterocycles. The molecule has 2 heterocycles. The Labute approximate surface area is 108 Å². The first kappa shape index (κ1) is 13.3. The summed E-state index contributed by atoms with van der Waals surface area (Å²) in [4.78, 5) is 27.5. The first-order chi connectivity index (χ1) is 8.46. The van der Waals surface area contributed by atoms with Gasteiger partial charge in [0.15, 0.2) is 0 Å². The second-order valence-corrected chi connectivity index (χ2v) is 5.74. The zero-order valence-corrected chi connectivity index (χ0v) is 11.4. The number of ether oxygens (including phenoxy) is 1. The fourth-order valence-corrected chi connectivity index (χ4v) is 2.74. The molecule has 0 spiro atoms. The van der Waals surface area contributed by atoms with Crippen LogP contribution >= 0.6 is 0 Å². The summed E-state index contributed by atoms with van der Waals surface area (Å²) in [5.74, 6) is 0.619. The molecule has 1 atom stereocenters. The van der Waals surface area contributed by atoms with Crippen molar-refractivity contribution in [2.45, 2.75) is 20.3 Å². The van der Waals surface area contributed by atoms with Crippen LogP contribution in [0.15, 0.2) is 0 Å². The molecule has 0 aromatic heterocycles. The first-order valence-electron chi connectivity index (χ1n) is 6.57. The quantitative estimate of drug-likeness (QED) is 0.727. The van der Waals surface area contributed by atoms with E-state index in [4.69, 9.17) is 4.74 Å². The standard InChI is InChI=1S/C13H22N2O3/c1-4-15-7-10(5-11(15)16)6-14(3)12(17)13(2)8-18-9-13/h10H,4-9H2,1-3H3/t10-/m0/s1. The molecule has 0 unspecified atom stereocenters. The van der Waals surface area contributed by atoms with Crippen molar-refractivity contribution in [2.24, 2.45) is 11.3 Å². The maximum Gasteiger partial charge on any atom is 0.232 e. The van der Waals surface area contributed by atoms with Crippen molar-refractivity contribution < 1.29 is 14.3 Å². The van der Waals surface area contributed by atoms with Gasteiger partial charge in [0, 0.05) is 39.0 Å². The van der Waals surface area contributed by atoms with Gasteiger partial charge < -0.3 is 14.5 Å². The minimum Gasteiger partial charge on any atom is -0.379 e. The summed E-state index contributed by atoms with van der Waals surface area (Å²) in [6.07, 6.45) is 0.568. The molecule has 18 heavy (non-hydrogen) atoms. The number of carbonyl (C=O) groups is 2. The van der Waals surface area contributed by atoms with E-state index in [1.807, 2.05) is 25.8 Å². The minimum absolute atomic E-state index is 0.135. The molecule has 2 fully saturated rings. The molecule has 2 aliphatic rings. The van der Waals surface area contributed by atoms with Crippen molar-refractivity contribution >= 4 is 11.8 Å². The molecule has 0 aromatic rings. The molecule has 2 rings (SSSR count). The predicted octanol–water partition coefficient (Wildman–Crippen LogP) is 0.350. The van der Waals surface area contributed by atoms with E-state index in [2.05, 4.69) is 0 Å². The maximum absolute atomic E-state index is 12.2. The molecule has 0 saturated carbocycles. The monoisotopic (exact) mass is 254 g/mol. The van der Waals surface area contributed by atoms with E-state index >= 15 is 0 Å². The van der Waals surface area contributed by atoms with Crippen molar-refractivity contribution in [1.29, 1.82) is 0 Å². The van der Waals surface area contributed by atoms with Crippen molar-refractivity contribution in [2.75, 3.05) is 39.9 Å². The molecule has 0 aliphatic carbocycles. The molecule has 0 aromatic carbocycles. The van der Waals surface area contributed by atoms with Crippen LogP contribution in [0.2, 0.25) is 0 Å². The minimum atomic E-state index is -0.345. The fourth-order valence-electron chi connectivity index (χ4n) is 2.74. The Balaban J connectivity index is 1.86. The van der Waals surface area contributed by atoms with Crippen LogP contribution in [-0.2, 0) is 14.3 Å². The summed E-state index contributed by atoms with van der Waals surface area (Å²) < 4.78 is 5.12. The highest BCUT2D eigenvalue weighted by molar-refractivity contribution is 5.83. The van der Waals surface area contributed by atoms with Crippen molar-refractivity contribution in [3.8, 4) is 0 Å². The summed E-state index contributed by atoms with van der Waals surface area (Å²) in [5, 5.41) is 0. The largest absolute Gasteiger partial charge is 0.379 e. The number of nitrogens with zero attached hydrogens (tertiary/aromatic N) is 2. The van der Waals surface area contributed by atoms with Crippen LogP contribution in [0.4, 0.5) is 0 Å².